The normalized spacial score (nSPS) is 10.8. The third-order valence-electron chi connectivity index (χ3n) is 2.49. The van der Waals surface area contributed by atoms with Crippen LogP contribution >= 0.6 is 0 Å². The number of hydrogen-bond acceptors (Lipinski definition) is 4. The van der Waals surface area contributed by atoms with E-state index in [4.69, 9.17) is 14.6 Å². The second-order valence-electron chi connectivity index (χ2n) is 4.67. The molecule has 0 bridgehead atoms. The van der Waals surface area contributed by atoms with E-state index in [1.807, 2.05) is 6.92 Å². The Balaban J connectivity index is 2.47. The zero-order chi connectivity index (χ0) is 15.2. The predicted octanol–water partition coefficient (Wildman–Crippen LogP) is 1.44. The number of amides is 1. The zero-order valence-corrected chi connectivity index (χ0v) is 11.8. The highest BCUT2D eigenvalue weighted by Crippen LogP contribution is 2.17. The van der Waals surface area contributed by atoms with Gasteiger partial charge in [0.2, 0.25) is 0 Å². The minimum absolute atomic E-state index is 0.245. The predicted molar refractivity (Wildman–Crippen MR) is 73.0 cm³/mol. The minimum atomic E-state index is -1.32. The molecule has 0 aliphatic rings. The average Bonchev–Trinajstić information content (AvgIpc) is 2.37. The van der Waals surface area contributed by atoms with E-state index in [2.05, 4.69) is 5.32 Å². The SMILES string of the molecule is CCOc1ccc(OCC(=O)NC(C)(C)C(=O)O)cc1. The lowest BCUT2D eigenvalue weighted by atomic mass is 10.1. The summed E-state index contributed by atoms with van der Waals surface area (Å²) in [6.45, 7) is 5.03. The molecule has 0 spiro atoms. The van der Waals surface area contributed by atoms with Crippen LogP contribution in [0, 0.1) is 0 Å². The molecule has 0 fully saturated rings. The smallest absolute Gasteiger partial charge is 0.328 e. The lowest BCUT2D eigenvalue weighted by Gasteiger charge is -2.20. The fraction of sp³-hybridized carbons (Fsp3) is 0.429. The van der Waals surface area contributed by atoms with Crippen molar-refractivity contribution in [3.63, 3.8) is 0 Å². The number of ether oxygens (including phenoxy) is 2. The van der Waals surface area contributed by atoms with Gasteiger partial charge in [-0.25, -0.2) is 4.79 Å². The maximum atomic E-state index is 11.6. The number of hydrogen-bond donors (Lipinski definition) is 2. The van der Waals surface area contributed by atoms with E-state index in [-0.39, 0.29) is 6.61 Å². The second kappa shape index (κ2) is 6.79. The van der Waals surface area contributed by atoms with Gasteiger partial charge in [0.15, 0.2) is 6.61 Å². The molecular formula is C14H19NO5. The van der Waals surface area contributed by atoms with Gasteiger partial charge in [-0.2, -0.15) is 0 Å². The number of aliphatic carboxylic acids is 1. The fourth-order valence-corrected chi connectivity index (χ4v) is 1.39. The Bertz CT molecular complexity index is 467. The van der Waals surface area contributed by atoms with E-state index >= 15 is 0 Å². The van der Waals surface area contributed by atoms with Crippen LogP contribution in [0.25, 0.3) is 0 Å². The molecular weight excluding hydrogens is 262 g/mol. The molecule has 0 atom stereocenters. The van der Waals surface area contributed by atoms with Gasteiger partial charge < -0.3 is 19.9 Å². The molecule has 110 valence electrons. The molecule has 1 aromatic rings. The van der Waals surface area contributed by atoms with Crippen LogP contribution in [0.3, 0.4) is 0 Å². The van der Waals surface area contributed by atoms with Gasteiger partial charge in [0.25, 0.3) is 5.91 Å². The van der Waals surface area contributed by atoms with Crippen LogP contribution in [0.15, 0.2) is 24.3 Å². The highest BCUT2D eigenvalue weighted by molar-refractivity contribution is 5.86. The third-order valence-corrected chi connectivity index (χ3v) is 2.49. The Morgan fingerprint density at radius 1 is 1.15 bits per heavy atom. The fourth-order valence-electron chi connectivity index (χ4n) is 1.39. The van der Waals surface area contributed by atoms with Crippen molar-refractivity contribution in [3.05, 3.63) is 24.3 Å². The van der Waals surface area contributed by atoms with Gasteiger partial charge in [-0.1, -0.05) is 0 Å². The first-order valence-electron chi connectivity index (χ1n) is 6.25. The molecule has 20 heavy (non-hydrogen) atoms. The minimum Gasteiger partial charge on any atom is -0.494 e. The molecule has 1 amide bonds. The van der Waals surface area contributed by atoms with Crippen molar-refractivity contribution in [1.29, 1.82) is 0 Å². The first kappa shape index (κ1) is 15.8. The van der Waals surface area contributed by atoms with Crippen LogP contribution in [0.5, 0.6) is 11.5 Å². The van der Waals surface area contributed by atoms with Crippen LogP contribution in [-0.4, -0.2) is 35.7 Å². The van der Waals surface area contributed by atoms with Gasteiger partial charge in [0, 0.05) is 0 Å². The lowest BCUT2D eigenvalue weighted by molar-refractivity contribution is -0.146. The van der Waals surface area contributed by atoms with Gasteiger partial charge >= 0.3 is 5.97 Å². The molecule has 6 nitrogen and oxygen atoms in total. The maximum Gasteiger partial charge on any atom is 0.328 e. The number of nitrogens with one attached hydrogen (secondary N) is 1. The van der Waals surface area contributed by atoms with Gasteiger partial charge in [-0.3, -0.25) is 4.79 Å². The van der Waals surface area contributed by atoms with E-state index in [0.717, 1.165) is 5.75 Å². The first-order chi connectivity index (χ1) is 9.35. The molecule has 1 aromatic carbocycles. The van der Waals surface area contributed by atoms with Crippen molar-refractivity contribution in [2.45, 2.75) is 26.3 Å². The van der Waals surface area contributed by atoms with E-state index in [9.17, 15) is 9.59 Å². The second-order valence-corrected chi connectivity index (χ2v) is 4.67. The summed E-state index contributed by atoms with van der Waals surface area (Å²) in [7, 11) is 0. The lowest BCUT2D eigenvalue weighted by Crippen LogP contribution is -2.51. The van der Waals surface area contributed by atoms with E-state index in [1.54, 1.807) is 24.3 Å². The Kier molecular flexibility index (Phi) is 5.37. The van der Waals surface area contributed by atoms with Gasteiger partial charge in [-0.15, -0.1) is 0 Å². The molecule has 0 radical (unpaired) electrons. The third kappa shape index (κ3) is 4.79. The largest absolute Gasteiger partial charge is 0.494 e. The summed E-state index contributed by atoms with van der Waals surface area (Å²) in [5, 5.41) is 11.3. The number of rotatable bonds is 7. The number of carboxylic acids is 1. The molecule has 0 aromatic heterocycles. The summed E-state index contributed by atoms with van der Waals surface area (Å²) in [6, 6.07) is 6.83. The Hall–Kier alpha value is -2.24. The number of carboxylic acid groups (broad SMARTS) is 1. The Morgan fingerprint density at radius 2 is 1.65 bits per heavy atom. The molecule has 0 saturated carbocycles. The Labute approximate surface area is 117 Å². The van der Waals surface area contributed by atoms with Crippen molar-refractivity contribution in [2.75, 3.05) is 13.2 Å². The topological polar surface area (TPSA) is 84.9 Å². The van der Waals surface area contributed by atoms with Crippen LogP contribution in [-0.2, 0) is 9.59 Å². The van der Waals surface area contributed by atoms with Crippen LogP contribution < -0.4 is 14.8 Å². The van der Waals surface area contributed by atoms with Gasteiger partial charge in [-0.05, 0) is 45.0 Å². The average molecular weight is 281 g/mol. The van der Waals surface area contributed by atoms with Crippen LogP contribution in [0.4, 0.5) is 0 Å². The summed E-state index contributed by atoms with van der Waals surface area (Å²) in [5.74, 6) is -0.369. The molecule has 0 aliphatic heterocycles. The van der Waals surface area contributed by atoms with Crippen molar-refractivity contribution < 1.29 is 24.2 Å². The van der Waals surface area contributed by atoms with Crippen LogP contribution in [0.2, 0.25) is 0 Å². The van der Waals surface area contributed by atoms with E-state index in [0.29, 0.717) is 12.4 Å². The molecule has 2 N–H and O–H groups in total. The summed E-state index contributed by atoms with van der Waals surface area (Å²) in [4.78, 5) is 22.4. The van der Waals surface area contributed by atoms with Crippen molar-refractivity contribution in [2.24, 2.45) is 0 Å². The highest BCUT2D eigenvalue weighted by Gasteiger charge is 2.28. The van der Waals surface area contributed by atoms with Crippen molar-refractivity contribution in [1.82, 2.24) is 5.32 Å². The zero-order valence-electron chi connectivity index (χ0n) is 11.8. The van der Waals surface area contributed by atoms with E-state index < -0.39 is 17.4 Å². The van der Waals surface area contributed by atoms with Crippen LogP contribution in [0.1, 0.15) is 20.8 Å². The summed E-state index contributed by atoms with van der Waals surface area (Å²) >= 11 is 0. The molecule has 0 aliphatic carbocycles. The van der Waals surface area contributed by atoms with Gasteiger partial charge in [0.1, 0.15) is 17.0 Å². The summed E-state index contributed by atoms with van der Waals surface area (Å²) in [5.41, 5.74) is -1.32. The van der Waals surface area contributed by atoms with Gasteiger partial charge in [0.05, 0.1) is 6.61 Å². The standard InChI is InChI=1S/C14H19NO5/c1-4-19-10-5-7-11(8-6-10)20-9-12(16)15-14(2,3)13(17)18/h5-8H,4,9H2,1-3H3,(H,15,16)(H,17,18). The maximum absolute atomic E-state index is 11.6. The van der Waals surface area contributed by atoms with E-state index in [1.165, 1.54) is 13.8 Å². The highest BCUT2D eigenvalue weighted by atomic mass is 16.5. The Morgan fingerprint density at radius 3 is 2.10 bits per heavy atom. The quantitative estimate of drug-likeness (QED) is 0.790. The molecule has 0 unspecified atom stereocenters. The first-order valence-corrected chi connectivity index (χ1v) is 6.25. The molecule has 0 saturated heterocycles. The molecule has 0 heterocycles. The number of benzene rings is 1. The summed E-state index contributed by atoms with van der Waals surface area (Å²) < 4.78 is 10.5. The number of carbonyl (C=O) groups is 2. The monoisotopic (exact) mass is 281 g/mol. The van der Waals surface area contributed by atoms with Crippen molar-refractivity contribution in [3.8, 4) is 11.5 Å². The summed E-state index contributed by atoms with van der Waals surface area (Å²) in [6.07, 6.45) is 0. The number of carbonyl (C=O) groups excluding carboxylic acids is 1. The molecule has 6 heteroatoms. The molecule has 1 rings (SSSR count). The van der Waals surface area contributed by atoms with Crippen molar-refractivity contribution >= 4 is 11.9 Å².